The molecular formula is C10H15F3N2O3S2. The molecule has 0 aliphatic carbocycles. The molecule has 0 bridgehead atoms. The molecule has 0 amide bonds. The second-order valence-electron chi connectivity index (χ2n) is 3.90. The topological polar surface area (TPSA) is 81.4 Å². The molecule has 0 aliphatic rings. The van der Waals surface area contributed by atoms with Crippen LogP contribution in [0.2, 0.25) is 0 Å². The van der Waals surface area contributed by atoms with Crippen molar-refractivity contribution >= 4 is 21.4 Å². The Labute approximate surface area is 119 Å². The molecule has 1 aromatic rings. The summed E-state index contributed by atoms with van der Waals surface area (Å²) >= 11 is 1.26. The molecule has 0 radical (unpaired) electrons. The summed E-state index contributed by atoms with van der Waals surface area (Å²) in [6.07, 6.45) is -4.42. The highest BCUT2D eigenvalue weighted by molar-refractivity contribution is 7.89. The fourth-order valence-corrected chi connectivity index (χ4v) is 3.93. The minimum atomic E-state index is -4.42. The van der Waals surface area contributed by atoms with Gasteiger partial charge in [0.1, 0.15) is 6.61 Å². The van der Waals surface area contributed by atoms with Crippen LogP contribution in [-0.2, 0) is 21.3 Å². The van der Waals surface area contributed by atoms with Crippen molar-refractivity contribution in [1.82, 2.24) is 4.72 Å². The quantitative estimate of drug-likeness (QED) is 0.739. The highest BCUT2D eigenvalue weighted by Gasteiger charge is 2.27. The van der Waals surface area contributed by atoms with Gasteiger partial charge in [0.05, 0.1) is 11.5 Å². The summed E-state index contributed by atoms with van der Waals surface area (Å²) in [6.45, 7) is -0.116. The molecule has 0 unspecified atom stereocenters. The molecule has 0 saturated heterocycles. The molecule has 0 atom stereocenters. The van der Waals surface area contributed by atoms with E-state index >= 15 is 0 Å². The second kappa shape index (κ2) is 6.85. The number of nitrogens with one attached hydrogen (secondary N) is 1. The van der Waals surface area contributed by atoms with Crippen LogP contribution in [0.3, 0.4) is 0 Å². The summed E-state index contributed by atoms with van der Waals surface area (Å²) in [5.74, 6) is 0. The van der Waals surface area contributed by atoms with Crippen molar-refractivity contribution in [2.75, 3.05) is 19.8 Å². The van der Waals surface area contributed by atoms with Crippen molar-refractivity contribution in [2.45, 2.75) is 24.5 Å². The number of aryl methyl sites for hydroxylation is 1. The van der Waals surface area contributed by atoms with E-state index in [4.69, 9.17) is 5.73 Å². The van der Waals surface area contributed by atoms with Gasteiger partial charge in [-0.2, -0.15) is 13.2 Å². The van der Waals surface area contributed by atoms with E-state index < -0.39 is 22.8 Å². The number of rotatable bonds is 7. The fourth-order valence-electron chi connectivity index (χ4n) is 1.41. The number of hydrogen-bond donors (Lipinski definition) is 2. The average molecular weight is 332 g/mol. The maximum Gasteiger partial charge on any atom is 0.411 e. The van der Waals surface area contributed by atoms with Gasteiger partial charge in [-0.15, -0.1) is 11.3 Å². The SMILES string of the molecule is Cc1sc(CN)cc1S(=O)(=O)NCCOCC(F)(F)F. The van der Waals surface area contributed by atoms with E-state index in [9.17, 15) is 21.6 Å². The van der Waals surface area contributed by atoms with Gasteiger partial charge in [0.2, 0.25) is 10.0 Å². The van der Waals surface area contributed by atoms with Crippen molar-refractivity contribution in [3.05, 3.63) is 15.8 Å². The summed E-state index contributed by atoms with van der Waals surface area (Å²) < 4.78 is 65.7. The van der Waals surface area contributed by atoms with Crippen LogP contribution in [0, 0.1) is 6.92 Å². The van der Waals surface area contributed by atoms with Crippen molar-refractivity contribution in [2.24, 2.45) is 5.73 Å². The molecule has 0 saturated carbocycles. The Hall–Kier alpha value is -0.680. The Balaban J connectivity index is 2.51. The van der Waals surface area contributed by atoms with Crippen LogP contribution < -0.4 is 10.5 Å². The first-order chi connectivity index (χ1) is 9.15. The zero-order valence-electron chi connectivity index (χ0n) is 10.7. The molecule has 0 spiro atoms. The zero-order chi connectivity index (χ0) is 15.4. The molecule has 1 aromatic heterocycles. The van der Waals surface area contributed by atoms with Crippen LogP contribution in [0.1, 0.15) is 9.75 Å². The molecule has 116 valence electrons. The van der Waals surface area contributed by atoms with Crippen LogP contribution in [0.5, 0.6) is 0 Å². The van der Waals surface area contributed by atoms with Gasteiger partial charge < -0.3 is 10.5 Å². The lowest BCUT2D eigenvalue weighted by molar-refractivity contribution is -0.173. The predicted octanol–water partition coefficient (Wildman–Crippen LogP) is 1.37. The van der Waals surface area contributed by atoms with Gasteiger partial charge in [-0.25, -0.2) is 13.1 Å². The van der Waals surface area contributed by atoms with E-state index in [0.717, 1.165) is 4.88 Å². The molecule has 0 aliphatic heterocycles. The smallest absolute Gasteiger partial charge is 0.371 e. The van der Waals surface area contributed by atoms with E-state index in [2.05, 4.69) is 9.46 Å². The number of sulfonamides is 1. The van der Waals surface area contributed by atoms with Gasteiger partial charge in [0.15, 0.2) is 0 Å². The van der Waals surface area contributed by atoms with Gasteiger partial charge in [-0.3, -0.25) is 0 Å². The largest absolute Gasteiger partial charge is 0.411 e. The van der Waals surface area contributed by atoms with Gasteiger partial charge in [0, 0.05) is 22.8 Å². The van der Waals surface area contributed by atoms with Gasteiger partial charge >= 0.3 is 6.18 Å². The van der Waals surface area contributed by atoms with Crippen molar-refractivity contribution in [3.63, 3.8) is 0 Å². The van der Waals surface area contributed by atoms with E-state index in [1.165, 1.54) is 17.4 Å². The summed E-state index contributed by atoms with van der Waals surface area (Å²) in [5.41, 5.74) is 5.42. The summed E-state index contributed by atoms with van der Waals surface area (Å²) in [7, 11) is -3.75. The number of hydrogen-bond acceptors (Lipinski definition) is 5. The molecule has 0 aromatic carbocycles. The highest BCUT2D eigenvalue weighted by atomic mass is 32.2. The highest BCUT2D eigenvalue weighted by Crippen LogP contribution is 2.25. The van der Waals surface area contributed by atoms with Crippen LogP contribution in [0.4, 0.5) is 13.2 Å². The standard InChI is InChI=1S/C10H15F3N2O3S2/c1-7-9(4-8(5-14)19-7)20(16,17)15-2-3-18-6-10(11,12)13/h4,15H,2-3,5-6,14H2,1H3. The first-order valence-corrected chi connectivity index (χ1v) is 7.89. The Morgan fingerprint density at radius 2 is 2.10 bits per heavy atom. The number of halogens is 3. The lowest BCUT2D eigenvalue weighted by Crippen LogP contribution is -2.29. The van der Waals surface area contributed by atoms with Crippen LogP contribution in [-0.4, -0.2) is 34.4 Å². The summed E-state index contributed by atoms with van der Waals surface area (Å²) in [6, 6.07) is 1.46. The molecule has 20 heavy (non-hydrogen) atoms. The first kappa shape index (κ1) is 17.4. The third-order valence-corrected chi connectivity index (χ3v) is 5.01. The average Bonchev–Trinajstić information content (AvgIpc) is 2.69. The number of alkyl halides is 3. The van der Waals surface area contributed by atoms with E-state index in [0.29, 0.717) is 4.88 Å². The van der Waals surface area contributed by atoms with Gasteiger partial charge in [-0.1, -0.05) is 0 Å². The van der Waals surface area contributed by atoms with Crippen LogP contribution in [0.25, 0.3) is 0 Å². The van der Waals surface area contributed by atoms with Crippen molar-refractivity contribution in [1.29, 1.82) is 0 Å². The zero-order valence-corrected chi connectivity index (χ0v) is 12.3. The fraction of sp³-hybridized carbons (Fsp3) is 0.600. The van der Waals surface area contributed by atoms with Crippen LogP contribution >= 0.6 is 11.3 Å². The Morgan fingerprint density at radius 1 is 1.45 bits per heavy atom. The summed E-state index contributed by atoms with van der Waals surface area (Å²) in [4.78, 5) is 1.39. The normalized spacial score (nSPS) is 12.8. The second-order valence-corrected chi connectivity index (χ2v) is 6.98. The third kappa shape index (κ3) is 5.37. The lowest BCUT2D eigenvalue weighted by atomic mass is 10.4. The van der Waals surface area contributed by atoms with E-state index in [1.807, 2.05) is 0 Å². The third-order valence-electron chi connectivity index (χ3n) is 2.22. The number of nitrogens with two attached hydrogens (primary N) is 1. The lowest BCUT2D eigenvalue weighted by Gasteiger charge is -2.08. The Morgan fingerprint density at radius 3 is 2.60 bits per heavy atom. The minimum absolute atomic E-state index is 0.0961. The van der Waals surface area contributed by atoms with Crippen molar-refractivity contribution in [3.8, 4) is 0 Å². The maximum absolute atomic E-state index is 11.9. The first-order valence-electron chi connectivity index (χ1n) is 5.59. The Kier molecular flexibility index (Phi) is 5.95. The molecule has 10 heteroatoms. The summed E-state index contributed by atoms with van der Waals surface area (Å²) in [5, 5.41) is 0. The molecule has 3 N–H and O–H groups in total. The molecule has 0 fully saturated rings. The Bertz CT molecular complexity index is 540. The molecule has 1 rings (SSSR count). The van der Waals surface area contributed by atoms with Gasteiger partial charge in [-0.05, 0) is 13.0 Å². The maximum atomic E-state index is 11.9. The monoisotopic (exact) mass is 332 g/mol. The van der Waals surface area contributed by atoms with Gasteiger partial charge in [0.25, 0.3) is 0 Å². The predicted molar refractivity (Wildman–Crippen MR) is 69.0 cm³/mol. The van der Waals surface area contributed by atoms with E-state index in [1.54, 1.807) is 6.92 Å². The minimum Gasteiger partial charge on any atom is -0.371 e. The molecule has 5 nitrogen and oxygen atoms in total. The number of thiophene rings is 1. The van der Waals surface area contributed by atoms with Crippen LogP contribution in [0.15, 0.2) is 11.0 Å². The van der Waals surface area contributed by atoms with E-state index in [-0.39, 0.29) is 24.6 Å². The van der Waals surface area contributed by atoms with Crippen molar-refractivity contribution < 1.29 is 26.3 Å². The molecular weight excluding hydrogens is 317 g/mol. The molecule has 1 heterocycles. The number of ether oxygens (including phenoxy) is 1.